The average Bonchev–Trinajstić information content (AvgIpc) is 2.84. The van der Waals surface area contributed by atoms with E-state index in [4.69, 9.17) is 14.2 Å². The fourth-order valence-electron chi connectivity index (χ4n) is 4.30. The molecule has 0 N–H and O–H groups in total. The van der Waals surface area contributed by atoms with Gasteiger partial charge in [0.15, 0.2) is 21.4 Å². The first-order valence-corrected chi connectivity index (χ1v) is 15.1. The minimum Gasteiger partial charge on any atom is -0.474 e. The molecule has 40 heavy (non-hydrogen) atoms. The summed E-state index contributed by atoms with van der Waals surface area (Å²) >= 11 is 0. The summed E-state index contributed by atoms with van der Waals surface area (Å²) in [5.74, 6) is -1.63. The number of hydrogen-bond donors (Lipinski definition) is 0. The molecule has 0 saturated carbocycles. The number of ether oxygens (including phenoxy) is 3. The number of amides is 1. The summed E-state index contributed by atoms with van der Waals surface area (Å²) in [5, 5.41) is 0. The SMILES string of the molecule is Cc1c(Oc2ccc(S(C)(=O)=O)cc2F)ncnc1OC1CCN(C(=O)C(CC(=O)OC(C)(C)C)C(C)C)CC1. The molecule has 1 saturated heterocycles. The molecule has 1 amide bonds. The van der Waals surface area contributed by atoms with Crippen LogP contribution in [0.1, 0.15) is 59.4 Å². The number of esters is 1. The maximum atomic E-state index is 14.5. The lowest BCUT2D eigenvalue weighted by atomic mass is 9.90. The topological polar surface area (TPSA) is 125 Å². The van der Waals surface area contributed by atoms with Gasteiger partial charge in [-0.2, -0.15) is 0 Å². The van der Waals surface area contributed by atoms with Crippen LogP contribution in [0.4, 0.5) is 4.39 Å². The van der Waals surface area contributed by atoms with E-state index in [1.165, 1.54) is 18.5 Å². The quantitative estimate of drug-likeness (QED) is 0.395. The zero-order valence-electron chi connectivity index (χ0n) is 24.1. The lowest BCUT2D eigenvalue weighted by Crippen LogP contribution is -2.46. The second-order valence-corrected chi connectivity index (χ2v) is 13.4. The molecule has 12 heteroatoms. The van der Waals surface area contributed by atoms with E-state index in [0.717, 1.165) is 12.3 Å². The van der Waals surface area contributed by atoms with Crippen molar-refractivity contribution in [2.75, 3.05) is 19.3 Å². The molecule has 220 valence electrons. The first-order valence-electron chi connectivity index (χ1n) is 13.2. The van der Waals surface area contributed by atoms with Crippen LogP contribution >= 0.6 is 0 Å². The van der Waals surface area contributed by atoms with E-state index in [1.54, 1.807) is 32.6 Å². The second-order valence-electron chi connectivity index (χ2n) is 11.4. The van der Waals surface area contributed by atoms with Crippen LogP contribution < -0.4 is 9.47 Å². The lowest BCUT2D eigenvalue weighted by molar-refractivity contribution is -0.159. The van der Waals surface area contributed by atoms with Gasteiger partial charge in [-0.25, -0.2) is 22.8 Å². The smallest absolute Gasteiger partial charge is 0.307 e. The summed E-state index contributed by atoms with van der Waals surface area (Å²) in [6.45, 7) is 11.8. The maximum absolute atomic E-state index is 14.5. The molecule has 10 nitrogen and oxygen atoms in total. The molecule has 0 spiro atoms. The van der Waals surface area contributed by atoms with Crippen molar-refractivity contribution in [3.63, 3.8) is 0 Å². The van der Waals surface area contributed by atoms with E-state index >= 15 is 0 Å². The Kier molecular flexibility index (Phi) is 9.76. The van der Waals surface area contributed by atoms with Gasteiger partial charge < -0.3 is 19.1 Å². The van der Waals surface area contributed by atoms with Gasteiger partial charge in [-0.3, -0.25) is 9.59 Å². The van der Waals surface area contributed by atoms with Gasteiger partial charge in [0, 0.05) is 32.2 Å². The molecule has 0 radical (unpaired) electrons. The summed E-state index contributed by atoms with van der Waals surface area (Å²) in [6, 6.07) is 3.38. The Morgan fingerprint density at radius 3 is 2.30 bits per heavy atom. The Morgan fingerprint density at radius 2 is 1.75 bits per heavy atom. The fraction of sp³-hybridized carbons (Fsp3) is 0.571. The zero-order chi connectivity index (χ0) is 29.8. The van der Waals surface area contributed by atoms with Crippen molar-refractivity contribution in [2.24, 2.45) is 11.8 Å². The summed E-state index contributed by atoms with van der Waals surface area (Å²) in [6.07, 6.45) is 3.16. The third-order valence-corrected chi connectivity index (χ3v) is 7.60. The minimum atomic E-state index is -3.56. The largest absolute Gasteiger partial charge is 0.474 e. The number of benzene rings is 1. The van der Waals surface area contributed by atoms with Crippen LogP contribution in [0.25, 0.3) is 0 Å². The van der Waals surface area contributed by atoms with E-state index < -0.39 is 27.2 Å². The first kappa shape index (κ1) is 31.3. The number of likely N-dealkylation sites (tertiary alicyclic amines) is 1. The van der Waals surface area contributed by atoms with Gasteiger partial charge in [0.1, 0.15) is 18.0 Å². The van der Waals surface area contributed by atoms with Crippen molar-refractivity contribution in [1.82, 2.24) is 14.9 Å². The standard InChI is InChI=1S/C28H38FN3O7S/c1-17(2)21(15-24(33)39-28(4,5)6)27(34)32-12-10-19(11-13-32)37-25-18(3)26(31-16-30-25)38-23-9-8-20(14-22(23)29)40(7,35)36/h8-9,14,16-17,19,21H,10-13,15H2,1-7H3. The third kappa shape index (κ3) is 8.36. The van der Waals surface area contributed by atoms with Crippen LogP contribution in [0.3, 0.4) is 0 Å². The average molecular weight is 580 g/mol. The predicted molar refractivity (Wildman–Crippen MR) is 145 cm³/mol. The molecule has 1 aliphatic rings. The third-order valence-electron chi connectivity index (χ3n) is 6.49. The number of hydrogen-bond acceptors (Lipinski definition) is 9. The molecule has 2 heterocycles. The highest BCUT2D eigenvalue weighted by Gasteiger charge is 2.33. The Bertz CT molecular complexity index is 1330. The molecule has 1 unspecified atom stereocenters. The Hall–Kier alpha value is -3.28. The summed E-state index contributed by atoms with van der Waals surface area (Å²) in [5.41, 5.74) is -0.164. The fourth-order valence-corrected chi connectivity index (χ4v) is 4.93. The molecule has 1 atom stereocenters. The number of sulfone groups is 1. The number of nitrogens with zero attached hydrogens (tertiary/aromatic N) is 3. The summed E-state index contributed by atoms with van der Waals surface area (Å²) in [7, 11) is -3.56. The lowest BCUT2D eigenvalue weighted by Gasteiger charge is -2.35. The number of aromatic nitrogens is 2. The van der Waals surface area contributed by atoms with Gasteiger partial charge in [-0.1, -0.05) is 13.8 Å². The molecule has 2 aromatic rings. The normalized spacial score (nSPS) is 15.6. The molecule has 1 aromatic heterocycles. The number of halogens is 1. The van der Waals surface area contributed by atoms with Gasteiger partial charge in [-0.15, -0.1) is 0 Å². The number of carbonyl (C=O) groups is 2. The van der Waals surface area contributed by atoms with Gasteiger partial charge in [-0.05, 0) is 51.8 Å². The molecule has 1 fully saturated rings. The van der Waals surface area contributed by atoms with E-state index in [2.05, 4.69) is 9.97 Å². The van der Waals surface area contributed by atoms with Gasteiger partial charge >= 0.3 is 5.97 Å². The van der Waals surface area contributed by atoms with Gasteiger partial charge in [0.05, 0.1) is 22.8 Å². The van der Waals surface area contributed by atoms with E-state index in [9.17, 15) is 22.4 Å². The Balaban J connectivity index is 1.62. The van der Waals surface area contributed by atoms with Crippen molar-refractivity contribution in [2.45, 2.75) is 77.4 Å². The van der Waals surface area contributed by atoms with E-state index in [1.807, 2.05) is 13.8 Å². The van der Waals surface area contributed by atoms with Gasteiger partial charge in [0.25, 0.3) is 0 Å². The van der Waals surface area contributed by atoms with Crippen molar-refractivity contribution in [1.29, 1.82) is 0 Å². The summed E-state index contributed by atoms with van der Waals surface area (Å²) < 4.78 is 55.0. The molecule has 0 aliphatic carbocycles. The number of carbonyl (C=O) groups excluding carboxylic acids is 2. The number of piperidine rings is 1. The predicted octanol–water partition coefficient (Wildman–Crippen LogP) is 4.49. The molecular weight excluding hydrogens is 541 g/mol. The second kappa shape index (κ2) is 12.5. The molecule has 1 aliphatic heterocycles. The van der Waals surface area contributed by atoms with Crippen molar-refractivity contribution in [3.8, 4) is 17.5 Å². The highest BCUT2D eigenvalue weighted by atomic mass is 32.2. The van der Waals surface area contributed by atoms with Crippen LogP contribution in [0.5, 0.6) is 17.5 Å². The zero-order valence-corrected chi connectivity index (χ0v) is 24.9. The Morgan fingerprint density at radius 1 is 1.12 bits per heavy atom. The Labute approximate surface area is 235 Å². The van der Waals surface area contributed by atoms with E-state index in [0.29, 0.717) is 31.5 Å². The molecule has 0 bridgehead atoms. The van der Waals surface area contributed by atoms with Crippen LogP contribution in [-0.4, -0.2) is 66.2 Å². The molecular formula is C28H38FN3O7S. The van der Waals surface area contributed by atoms with Gasteiger partial charge in [0.2, 0.25) is 17.7 Å². The van der Waals surface area contributed by atoms with Crippen molar-refractivity contribution in [3.05, 3.63) is 35.9 Å². The summed E-state index contributed by atoms with van der Waals surface area (Å²) in [4.78, 5) is 35.5. The monoisotopic (exact) mass is 579 g/mol. The van der Waals surface area contributed by atoms with Crippen LogP contribution in [-0.2, 0) is 24.2 Å². The highest BCUT2D eigenvalue weighted by Crippen LogP contribution is 2.31. The maximum Gasteiger partial charge on any atom is 0.307 e. The first-order chi connectivity index (χ1) is 18.5. The van der Waals surface area contributed by atoms with Crippen LogP contribution in [0, 0.1) is 24.6 Å². The van der Waals surface area contributed by atoms with E-state index in [-0.39, 0.29) is 52.7 Å². The minimum absolute atomic E-state index is 0.0245. The molecule has 3 rings (SSSR count). The van der Waals surface area contributed by atoms with Crippen molar-refractivity contribution < 1.29 is 36.6 Å². The number of rotatable bonds is 9. The van der Waals surface area contributed by atoms with Crippen molar-refractivity contribution >= 4 is 21.7 Å². The molecule has 1 aromatic carbocycles. The highest BCUT2D eigenvalue weighted by molar-refractivity contribution is 7.90. The van der Waals surface area contributed by atoms with Crippen LogP contribution in [0.2, 0.25) is 0 Å². The van der Waals surface area contributed by atoms with Crippen LogP contribution in [0.15, 0.2) is 29.4 Å².